The van der Waals surface area contributed by atoms with Crippen molar-refractivity contribution in [3.63, 3.8) is 0 Å². The van der Waals surface area contributed by atoms with Gasteiger partial charge in [0.2, 0.25) is 0 Å². The van der Waals surface area contributed by atoms with Crippen LogP contribution in [0.1, 0.15) is 89.5 Å². The SMILES string of the molecule is CCCCCCCCCCCCCCc1ccc(OCC(COP(O)OCC[N+](C)(C)C)OC=O)cc1. The van der Waals surface area contributed by atoms with Crippen LogP contribution >= 0.6 is 8.60 Å². The normalized spacial score (nSPS) is 13.3. The number of likely N-dealkylation sites (N-methyl/N-ethyl adjacent to an activating group) is 1. The Morgan fingerprint density at radius 2 is 1.41 bits per heavy atom. The highest BCUT2D eigenvalue weighted by Gasteiger charge is 2.17. The molecule has 0 saturated carbocycles. The molecule has 0 aliphatic rings. The van der Waals surface area contributed by atoms with E-state index in [2.05, 4.69) is 19.1 Å². The van der Waals surface area contributed by atoms with Crippen LogP contribution in [0.3, 0.4) is 0 Å². The summed E-state index contributed by atoms with van der Waals surface area (Å²) in [5.41, 5.74) is 1.31. The Balaban J connectivity index is 2.15. The standard InChI is InChI=1S/C29H53NO6P/c1-5-6-7-8-9-10-11-12-13-14-15-16-17-27-18-20-28(21-19-27)33-24-29(34-26-31)25-36-37(32)35-23-22-30(2,3)4/h18-21,26,29,32H,5-17,22-25H2,1-4H3/q+1. The van der Waals surface area contributed by atoms with Crippen LogP contribution in [0.2, 0.25) is 0 Å². The second-order valence-electron chi connectivity index (χ2n) is 10.8. The Kier molecular flexibility index (Phi) is 19.8. The van der Waals surface area contributed by atoms with Gasteiger partial charge in [-0.25, -0.2) is 0 Å². The molecule has 0 fully saturated rings. The Hall–Kier alpha value is -1.24. The maximum Gasteiger partial charge on any atom is 0.330 e. The van der Waals surface area contributed by atoms with Crippen molar-refractivity contribution in [2.75, 3.05) is 47.5 Å². The van der Waals surface area contributed by atoms with E-state index in [1.165, 1.54) is 82.6 Å². The first kappa shape index (κ1) is 33.8. The van der Waals surface area contributed by atoms with Gasteiger partial charge in [-0.05, 0) is 30.5 Å². The van der Waals surface area contributed by atoms with Crippen molar-refractivity contribution in [2.24, 2.45) is 0 Å². The molecule has 0 bridgehead atoms. The fourth-order valence-electron chi connectivity index (χ4n) is 3.89. The van der Waals surface area contributed by atoms with E-state index in [1.54, 1.807) is 0 Å². The molecule has 0 heterocycles. The summed E-state index contributed by atoms with van der Waals surface area (Å²) in [6.07, 6.45) is 16.8. The van der Waals surface area contributed by atoms with Gasteiger partial charge in [0.05, 0.1) is 27.7 Å². The number of hydrogen-bond donors (Lipinski definition) is 1. The van der Waals surface area contributed by atoms with Gasteiger partial charge >= 0.3 is 8.60 Å². The number of aryl methyl sites for hydroxylation is 1. The second kappa shape index (κ2) is 21.7. The van der Waals surface area contributed by atoms with E-state index >= 15 is 0 Å². The number of quaternary nitrogens is 1. The largest absolute Gasteiger partial charge is 0.490 e. The predicted molar refractivity (Wildman–Crippen MR) is 152 cm³/mol. The summed E-state index contributed by atoms with van der Waals surface area (Å²) in [5.74, 6) is 0.711. The van der Waals surface area contributed by atoms with Gasteiger partial charge in [-0.2, -0.15) is 0 Å². The summed E-state index contributed by atoms with van der Waals surface area (Å²) >= 11 is 0. The first-order chi connectivity index (χ1) is 17.8. The van der Waals surface area contributed by atoms with Gasteiger partial charge in [0, 0.05) is 0 Å². The number of benzene rings is 1. The molecule has 0 saturated heterocycles. The number of rotatable bonds is 25. The van der Waals surface area contributed by atoms with Crippen LogP contribution in [0.25, 0.3) is 0 Å². The second-order valence-corrected chi connectivity index (χ2v) is 11.8. The lowest BCUT2D eigenvalue weighted by Crippen LogP contribution is -2.37. The molecule has 0 aliphatic carbocycles. The monoisotopic (exact) mass is 542 g/mol. The molecule has 2 unspecified atom stereocenters. The van der Waals surface area contributed by atoms with Crippen molar-refractivity contribution >= 4 is 15.1 Å². The number of nitrogens with zero attached hydrogens (tertiary/aromatic N) is 1. The molecule has 7 nitrogen and oxygen atoms in total. The molecule has 214 valence electrons. The van der Waals surface area contributed by atoms with Gasteiger partial charge in [0.15, 0.2) is 6.10 Å². The predicted octanol–water partition coefficient (Wildman–Crippen LogP) is 6.81. The van der Waals surface area contributed by atoms with Crippen molar-refractivity contribution in [3.05, 3.63) is 29.8 Å². The lowest BCUT2D eigenvalue weighted by molar-refractivity contribution is -0.870. The van der Waals surface area contributed by atoms with Gasteiger partial charge in [0.25, 0.3) is 6.47 Å². The summed E-state index contributed by atoms with van der Waals surface area (Å²) in [6, 6.07) is 8.08. The number of carbonyl (C=O) groups is 1. The quantitative estimate of drug-likeness (QED) is 0.0633. The van der Waals surface area contributed by atoms with Crippen LogP contribution in [-0.2, 0) is 25.0 Å². The smallest absolute Gasteiger partial charge is 0.330 e. The highest BCUT2D eigenvalue weighted by Crippen LogP contribution is 2.32. The van der Waals surface area contributed by atoms with E-state index in [0.29, 0.717) is 18.8 Å². The zero-order chi connectivity index (χ0) is 27.2. The molecule has 1 aromatic carbocycles. The molecule has 0 aromatic heterocycles. The van der Waals surface area contributed by atoms with Gasteiger partial charge < -0.3 is 27.9 Å². The lowest BCUT2D eigenvalue weighted by atomic mass is 10.0. The molecule has 37 heavy (non-hydrogen) atoms. The third-order valence-corrected chi connectivity index (χ3v) is 7.03. The molecule has 0 spiro atoms. The molecule has 0 amide bonds. The average Bonchev–Trinajstić information content (AvgIpc) is 2.86. The molecular weight excluding hydrogens is 489 g/mol. The molecule has 1 aromatic rings. The molecule has 8 heteroatoms. The summed E-state index contributed by atoms with van der Waals surface area (Å²) in [4.78, 5) is 20.7. The van der Waals surface area contributed by atoms with E-state index in [4.69, 9.17) is 18.5 Å². The first-order valence-electron chi connectivity index (χ1n) is 14.2. The van der Waals surface area contributed by atoms with Crippen LogP contribution in [0.4, 0.5) is 0 Å². The molecular formula is C29H53NO6P+. The number of carbonyl (C=O) groups excluding carboxylic acids is 1. The minimum atomic E-state index is -2.02. The van der Waals surface area contributed by atoms with Crippen molar-refractivity contribution < 1.29 is 32.7 Å². The number of hydrogen-bond acceptors (Lipinski definition) is 6. The minimum absolute atomic E-state index is 0.00234. The van der Waals surface area contributed by atoms with Crippen molar-refractivity contribution in [2.45, 2.75) is 96.5 Å². The highest BCUT2D eigenvalue weighted by atomic mass is 31.2. The van der Waals surface area contributed by atoms with E-state index in [9.17, 15) is 9.69 Å². The summed E-state index contributed by atoms with van der Waals surface area (Å²) in [7, 11) is 4.10. The fourth-order valence-corrected chi connectivity index (χ4v) is 4.50. The van der Waals surface area contributed by atoms with Crippen LogP contribution in [0, 0.1) is 0 Å². The topological polar surface area (TPSA) is 74.2 Å². The maximum atomic E-state index is 10.8. The molecule has 0 radical (unpaired) electrons. The first-order valence-corrected chi connectivity index (χ1v) is 15.3. The van der Waals surface area contributed by atoms with Crippen molar-refractivity contribution in [1.82, 2.24) is 0 Å². The Bertz CT molecular complexity index is 667. The van der Waals surface area contributed by atoms with E-state index in [0.717, 1.165) is 17.4 Å². The summed E-state index contributed by atoms with van der Waals surface area (Å²) in [5, 5.41) is 0. The summed E-state index contributed by atoms with van der Waals surface area (Å²) in [6.45, 7) is 3.91. The van der Waals surface area contributed by atoms with Gasteiger partial charge in [0.1, 0.15) is 25.5 Å². The van der Waals surface area contributed by atoms with Crippen LogP contribution in [0.5, 0.6) is 5.75 Å². The summed E-state index contributed by atoms with van der Waals surface area (Å²) < 4.78 is 22.2. The van der Waals surface area contributed by atoms with Gasteiger partial charge in [-0.15, -0.1) is 0 Å². The molecule has 0 aliphatic heterocycles. The molecule has 1 rings (SSSR count). The van der Waals surface area contributed by atoms with E-state index in [1.807, 2.05) is 33.3 Å². The van der Waals surface area contributed by atoms with E-state index < -0.39 is 14.7 Å². The number of ether oxygens (including phenoxy) is 2. The maximum absolute atomic E-state index is 10.8. The Labute approximate surface area is 227 Å². The van der Waals surface area contributed by atoms with Gasteiger partial charge in [-0.1, -0.05) is 89.7 Å². The third-order valence-electron chi connectivity index (χ3n) is 6.26. The zero-order valence-corrected chi connectivity index (χ0v) is 24.8. The Morgan fingerprint density at radius 1 is 0.838 bits per heavy atom. The Morgan fingerprint density at radius 3 is 1.95 bits per heavy atom. The van der Waals surface area contributed by atoms with Crippen LogP contribution in [-0.4, -0.2) is 69.5 Å². The third kappa shape index (κ3) is 20.4. The minimum Gasteiger partial charge on any atom is -0.490 e. The number of unbranched alkanes of at least 4 members (excludes halogenated alkanes) is 11. The van der Waals surface area contributed by atoms with Crippen molar-refractivity contribution in [1.29, 1.82) is 0 Å². The molecule has 2 atom stereocenters. The lowest BCUT2D eigenvalue weighted by Gasteiger charge is -2.24. The van der Waals surface area contributed by atoms with Gasteiger partial charge in [-0.3, -0.25) is 4.79 Å². The van der Waals surface area contributed by atoms with Crippen LogP contribution < -0.4 is 4.74 Å². The highest BCUT2D eigenvalue weighted by molar-refractivity contribution is 7.40. The zero-order valence-electron chi connectivity index (χ0n) is 23.9. The van der Waals surface area contributed by atoms with Crippen molar-refractivity contribution in [3.8, 4) is 5.75 Å². The van der Waals surface area contributed by atoms with Crippen LogP contribution in [0.15, 0.2) is 24.3 Å². The molecule has 1 N–H and O–H groups in total. The average molecular weight is 543 g/mol. The van der Waals surface area contributed by atoms with E-state index in [-0.39, 0.29) is 13.2 Å². The fraction of sp³-hybridized carbons (Fsp3) is 0.759.